The molecule has 6 heteroatoms. The number of hydrogen-bond donors (Lipinski definition) is 2. The van der Waals surface area contributed by atoms with Crippen molar-refractivity contribution >= 4 is 15.7 Å². The van der Waals surface area contributed by atoms with Crippen molar-refractivity contribution < 1.29 is 13.2 Å². The summed E-state index contributed by atoms with van der Waals surface area (Å²) in [5.41, 5.74) is 0. The summed E-state index contributed by atoms with van der Waals surface area (Å²) in [7, 11) is -1.18. The molecule has 0 bridgehead atoms. The number of hydrogen-bond acceptors (Lipinski definition) is 4. The average Bonchev–Trinajstić information content (AvgIpc) is 2.52. The summed E-state index contributed by atoms with van der Waals surface area (Å²) in [6.07, 6.45) is 1.93. The molecule has 1 rings (SSSR count). The molecular weight excluding hydrogens is 216 g/mol. The SMILES string of the molecule is CNC(=O)CCCNC1CCS(=O)(=O)C1. The van der Waals surface area contributed by atoms with Gasteiger partial charge in [0.15, 0.2) is 9.84 Å². The Labute approximate surface area is 90.5 Å². The smallest absolute Gasteiger partial charge is 0.219 e. The molecule has 0 radical (unpaired) electrons. The van der Waals surface area contributed by atoms with Crippen molar-refractivity contribution in [2.45, 2.75) is 25.3 Å². The molecule has 1 unspecified atom stereocenters. The van der Waals surface area contributed by atoms with Crippen LogP contribution in [0.3, 0.4) is 0 Å². The minimum absolute atomic E-state index is 0.0239. The van der Waals surface area contributed by atoms with Crippen LogP contribution in [0, 0.1) is 0 Å². The Bertz CT molecular complexity index is 313. The van der Waals surface area contributed by atoms with E-state index < -0.39 is 9.84 Å². The van der Waals surface area contributed by atoms with Crippen LogP contribution in [0.2, 0.25) is 0 Å². The van der Waals surface area contributed by atoms with Crippen molar-refractivity contribution in [2.75, 3.05) is 25.1 Å². The first-order chi connectivity index (χ1) is 7.03. The van der Waals surface area contributed by atoms with Gasteiger partial charge in [0.25, 0.3) is 0 Å². The molecule has 1 atom stereocenters. The number of nitrogens with one attached hydrogen (secondary N) is 2. The molecule has 0 aromatic carbocycles. The van der Waals surface area contributed by atoms with Crippen LogP contribution in [0.15, 0.2) is 0 Å². The maximum Gasteiger partial charge on any atom is 0.219 e. The van der Waals surface area contributed by atoms with Crippen molar-refractivity contribution in [3.8, 4) is 0 Å². The molecule has 0 aromatic rings. The molecule has 1 amide bonds. The second kappa shape index (κ2) is 5.46. The zero-order chi connectivity index (χ0) is 11.3. The van der Waals surface area contributed by atoms with Gasteiger partial charge in [-0.2, -0.15) is 0 Å². The first-order valence-corrected chi connectivity index (χ1v) is 7.00. The fourth-order valence-corrected chi connectivity index (χ4v) is 3.34. The molecule has 1 heterocycles. The Morgan fingerprint density at radius 3 is 2.73 bits per heavy atom. The number of carbonyl (C=O) groups is 1. The van der Waals surface area contributed by atoms with E-state index >= 15 is 0 Å². The van der Waals surface area contributed by atoms with E-state index in [2.05, 4.69) is 10.6 Å². The van der Waals surface area contributed by atoms with Gasteiger partial charge in [0, 0.05) is 19.5 Å². The van der Waals surface area contributed by atoms with Crippen LogP contribution in [0.4, 0.5) is 0 Å². The molecule has 1 aliphatic heterocycles. The van der Waals surface area contributed by atoms with Crippen LogP contribution in [-0.4, -0.2) is 45.5 Å². The zero-order valence-electron chi connectivity index (χ0n) is 8.95. The van der Waals surface area contributed by atoms with Gasteiger partial charge in [0.2, 0.25) is 5.91 Å². The molecule has 15 heavy (non-hydrogen) atoms. The molecule has 1 saturated heterocycles. The van der Waals surface area contributed by atoms with Gasteiger partial charge < -0.3 is 10.6 Å². The van der Waals surface area contributed by atoms with Crippen LogP contribution in [0.5, 0.6) is 0 Å². The monoisotopic (exact) mass is 234 g/mol. The summed E-state index contributed by atoms with van der Waals surface area (Å²) in [6.45, 7) is 0.702. The third-order valence-electron chi connectivity index (χ3n) is 2.52. The van der Waals surface area contributed by atoms with E-state index in [1.165, 1.54) is 0 Å². The summed E-state index contributed by atoms with van der Waals surface area (Å²) < 4.78 is 22.2. The predicted molar refractivity (Wildman–Crippen MR) is 58.4 cm³/mol. The lowest BCUT2D eigenvalue weighted by Gasteiger charge is -2.09. The lowest BCUT2D eigenvalue weighted by molar-refractivity contribution is -0.120. The summed E-state index contributed by atoms with van der Waals surface area (Å²) in [6, 6.07) is 0.0830. The maximum atomic E-state index is 11.1. The topological polar surface area (TPSA) is 75.3 Å². The molecule has 0 aliphatic carbocycles. The van der Waals surface area contributed by atoms with E-state index in [0.717, 1.165) is 6.42 Å². The van der Waals surface area contributed by atoms with Gasteiger partial charge >= 0.3 is 0 Å². The normalized spacial score (nSPS) is 23.9. The largest absolute Gasteiger partial charge is 0.359 e. The van der Waals surface area contributed by atoms with Crippen LogP contribution in [-0.2, 0) is 14.6 Å². The van der Waals surface area contributed by atoms with Crippen LogP contribution in [0.25, 0.3) is 0 Å². The molecule has 5 nitrogen and oxygen atoms in total. The van der Waals surface area contributed by atoms with Crippen molar-refractivity contribution in [1.82, 2.24) is 10.6 Å². The van der Waals surface area contributed by atoms with Gasteiger partial charge in [0.1, 0.15) is 0 Å². The van der Waals surface area contributed by atoms with Crippen molar-refractivity contribution in [1.29, 1.82) is 0 Å². The van der Waals surface area contributed by atoms with E-state index in [9.17, 15) is 13.2 Å². The molecular formula is C9H18N2O3S. The van der Waals surface area contributed by atoms with Gasteiger partial charge in [0.05, 0.1) is 11.5 Å². The van der Waals surface area contributed by atoms with E-state index in [1.54, 1.807) is 7.05 Å². The standard InChI is InChI=1S/C9H18N2O3S/c1-10-9(12)3-2-5-11-8-4-6-15(13,14)7-8/h8,11H,2-7H2,1H3,(H,10,12). The van der Waals surface area contributed by atoms with Gasteiger partial charge in [-0.05, 0) is 19.4 Å². The predicted octanol–water partition coefficient (Wildman–Crippen LogP) is -0.711. The van der Waals surface area contributed by atoms with Crippen molar-refractivity contribution in [3.63, 3.8) is 0 Å². The number of carbonyl (C=O) groups excluding carboxylic acids is 1. The summed E-state index contributed by atoms with van der Waals surface area (Å²) in [4.78, 5) is 10.9. The van der Waals surface area contributed by atoms with Gasteiger partial charge in [-0.25, -0.2) is 8.42 Å². The van der Waals surface area contributed by atoms with Gasteiger partial charge in [-0.15, -0.1) is 0 Å². The fourth-order valence-electron chi connectivity index (χ4n) is 1.64. The minimum atomic E-state index is -2.80. The summed E-state index contributed by atoms with van der Waals surface area (Å²) in [5, 5.41) is 5.70. The Morgan fingerprint density at radius 2 is 2.20 bits per heavy atom. The quantitative estimate of drug-likeness (QED) is 0.616. The minimum Gasteiger partial charge on any atom is -0.359 e. The summed E-state index contributed by atoms with van der Waals surface area (Å²) >= 11 is 0. The third-order valence-corrected chi connectivity index (χ3v) is 4.29. The Morgan fingerprint density at radius 1 is 1.47 bits per heavy atom. The van der Waals surface area contributed by atoms with E-state index in [4.69, 9.17) is 0 Å². The first-order valence-electron chi connectivity index (χ1n) is 5.18. The molecule has 0 saturated carbocycles. The Balaban J connectivity index is 2.09. The number of amides is 1. The molecule has 1 aliphatic rings. The molecule has 88 valence electrons. The zero-order valence-corrected chi connectivity index (χ0v) is 9.77. The number of sulfone groups is 1. The van der Waals surface area contributed by atoms with Gasteiger partial charge in [-0.3, -0.25) is 4.79 Å². The lowest BCUT2D eigenvalue weighted by Crippen LogP contribution is -2.31. The molecule has 0 spiro atoms. The highest BCUT2D eigenvalue weighted by atomic mass is 32.2. The van der Waals surface area contributed by atoms with E-state index in [-0.39, 0.29) is 17.7 Å². The maximum absolute atomic E-state index is 11.1. The highest BCUT2D eigenvalue weighted by molar-refractivity contribution is 7.91. The van der Waals surface area contributed by atoms with Gasteiger partial charge in [-0.1, -0.05) is 0 Å². The average molecular weight is 234 g/mol. The summed E-state index contributed by atoms with van der Waals surface area (Å²) in [5.74, 6) is 0.559. The first kappa shape index (κ1) is 12.4. The molecule has 1 fully saturated rings. The Kier molecular flexibility index (Phi) is 4.53. The van der Waals surface area contributed by atoms with Crippen molar-refractivity contribution in [3.05, 3.63) is 0 Å². The van der Waals surface area contributed by atoms with Crippen LogP contribution >= 0.6 is 0 Å². The second-order valence-electron chi connectivity index (χ2n) is 3.83. The Hall–Kier alpha value is -0.620. The highest BCUT2D eigenvalue weighted by Gasteiger charge is 2.26. The number of rotatable bonds is 5. The lowest BCUT2D eigenvalue weighted by atomic mass is 10.2. The van der Waals surface area contributed by atoms with Crippen LogP contribution < -0.4 is 10.6 Å². The third kappa shape index (κ3) is 4.61. The second-order valence-corrected chi connectivity index (χ2v) is 6.06. The van der Waals surface area contributed by atoms with E-state index in [0.29, 0.717) is 25.1 Å². The highest BCUT2D eigenvalue weighted by Crippen LogP contribution is 2.10. The fraction of sp³-hybridized carbons (Fsp3) is 0.889. The molecule has 2 N–H and O–H groups in total. The van der Waals surface area contributed by atoms with Crippen LogP contribution in [0.1, 0.15) is 19.3 Å². The molecule has 0 aromatic heterocycles. The van der Waals surface area contributed by atoms with Crippen molar-refractivity contribution in [2.24, 2.45) is 0 Å². The van der Waals surface area contributed by atoms with E-state index in [1.807, 2.05) is 0 Å².